The zero-order chi connectivity index (χ0) is 12.8. The first-order valence-corrected chi connectivity index (χ1v) is 7.93. The lowest BCUT2D eigenvalue weighted by atomic mass is 9.93. The van der Waals surface area contributed by atoms with E-state index in [0.29, 0.717) is 13.0 Å². The lowest BCUT2D eigenvalue weighted by Gasteiger charge is -2.16. The number of hydrogen-bond acceptors (Lipinski definition) is 3. The third-order valence-electron chi connectivity index (χ3n) is 2.59. The molecule has 1 aromatic rings. The van der Waals surface area contributed by atoms with Crippen LogP contribution in [-0.2, 0) is 10.2 Å². The Morgan fingerprint density at radius 3 is 2.53 bits per heavy atom. The number of thiazole rings is 1. The molecule has 0 aromatic carbocycles. The van der Waals surface area contributed by atoms with Gasteiger partial charge in [-0.05, 0) is 15.9 Å². The zero-order valence-electron chi connectivity index (χ0n) is 9.96. The van der Waals surface area contributed by atoms with E-state index in [-0.39, 0.29) is 16.1 Å². The lowest BCUT2D eigenvalue weighted by molar-refractivity contribution is -0.117. The van der Waals surface area contributed by atoms with Crippen LogP contribution in [0.25, 0.3) is 0 Å². The van der Waals surface area contributed by atoms with Crippen molar-refractivity contribution in [2.24, 2.45) is 0 Å². The Bertz CT molecular complexity index is 453. The van der Waals surface area contributed by atoms with Crippen molar-refractivity contribution >= 4 is 54.2 Å². The molecule has 2 rings (SSSR count). The Hall–Kier alpha value is 0.0600. The quantitative estimate of drug-likeness (QED) is 0.694. The van der Waals surface area contributed by atoms with Crippen molar-refractivity contribution in [2.75, 3.05) is 11.4 Å². The molecule has 0 radical (unpaired) electrons. The summed E-state index contributed by atoms with van der Waals surface area (Å²) in [5.74, 6) is 0.147. The summed E-state index contributed by atoms with van der Waals surface area (Å²) in [6, 6.07) is 0. The predicted molar refractivity (Wildman–Crippen MR) is 78.2 cm³/mol. The zero-order valence-corrected chi connectivity index (χ0v) is 13.9. The molecule has 2 heterocycles. The highest BCUT2D eigenvalue weighted by Gasteiger charge is 2.32. The van der Waals surface area contributed by atoms with Gasteiger partial charge in [-0.3, -0.25) is 9.69 Å². The Balaban J connectivity index is 2.32. The fourth-order valence-electron chi connectivity index (χ4n) is 1.72. The van der Waals surface area contributed by atoms with Gasteiger partial charge in [0.2, 0.25) is 5.91 Å². The lowest BCUT2D eigenvalue weighted by Crippen LogP contribution is -2.24. The molecule has 1 fully saturated rings. The van der Waals surface area contributed by atoms with Crippen molar-refractivity contribution in [3.63, 3.8) is 0 Å². The van der Waals surface area contributed by atoms with Crippen LogP contribution in [0.5, 0.6) is 0 Å². The maximum Gasteiger partial charge on any atom is 0.230 e. The monoisotopic (exact) mass is 380 g/mol. The van der Waals surface area contributed by atoms with Gasteiger partial charge in [0, 0.05) is 23.2 Å². The first-order chi connectivity index (χ1) is 7.79. The van der Waals surface area contributed by atoms with Crippen LogP contribution >= 0.6 is 43.2 Å². The van der Waals surface area contributed by atoms with Crippen molar-refractivity contribution in [1.29, 1.82) is 0 Å². The van der Waals surface area contributed by atoms with Crippen molar-refractivity contribution in [3.05, 3.63) is 9.48 Å². The highest BCUT2D eigenvalue weighted by atomic mass is 79.9. The molecule has 1 unspecified atom stereocenters. The molecule has 1 aliphatic rings. The third kappa shape index (κ3) is 2.74. The third-order valence-corrected chi connectivity index (χ3v) is 4.93. The van der Waals surface area contributed by atoms with Crippen LogP contribution in [0.3, 0.4) is 0 Å². The minimum absolute atomic E-state index is 0.00976. The van der Waals surface area contributed by atoms with Gasteiger partial charge in [-0.2, -0.15) is 0 Å². The molecular formula is C11H14Br2N2OS. The molecule has 1 atom stereocenters. The van der Waals surface area contributed by atoms with Crippen LogP contribution in [0.15, 0.2) is 3.79 Å². The second-order valence-electron chi connectivity index (χ2n) is 5.17. The average molecular weight is 382 g/mol. The summed E-state index contributed by atoms with van der Waals surface area (Å²) in [6.07, 6.45) is 0.558. The van der Waals surface area contributed by atoms with Gasteiger partial charge in [0.15, 0.2) is 5.13 Å². The highest BCUT2D eigenvalue weighted by molar-refractivity contribution is 9.11. The van der Waals surface area contributed by atoms with Gasteiger partial charge in [0.25, 0.3) is 0 Å². The summed E-state index contributed by atoms with van der Waals surface area (Å²) in [7, 11) is 0. The number of halogens is 2. The van der Waals surface area contributed by atoms with Crippen molar-refractivity contribution in [2.45, 2.75) is 37.4 Å². The molecule has 0 N–H and O–H groups in total. The number of hydrogen-bond donors (Lipinski definition) is 0. The van der Waals surface area contributed by atoms with Crippen molar-refractivity contribution < 1.29 is 4.79 Å². The number of carbonyl (C=O) groups excluding carboxylic acids is 1. The molecule has 3 nitrogen and oxygen atoms in total. The van der Waals surface area contributed by atoms with Gasteiger partial charge >= 0.3 is 0 Å². The predicted octanol–water partition coefficient (Wildman–Crippen LogP) is 3.70. The van der Waals surface area contributed by atoms with Gasteiger partial charge in [0.05, 0.1) is 9.48 Å². The van der Waals surface area contributed by atoms with Crippen LogP contribution in [0.4, 0.5) is 5.13 Å². The molecule has 0 saturated carbocycles. The Labute approximate surface area is 122 Å². The largest absolute Gasteiger partial charge is 0.287 e. The second-order valence-corrected chi connectivity index (χ2v) is 8.76. The fraction of sp³-hybridized carbons (Fsp3) is 0.636. The van der Waals surface area contributed by atoms with E-state index in [9.17, 15) is 4.79 Å². The second kappa shape index (κ2) is 4.63. The maximum atomic E-state index is 11.8. The maximum absolute atomic E-state index is 11.8. The van der Waals surface area contributed by atoms with Gasteiger partial charge in [-0.15, -0.1) is 0 Å². The summed E-state index contributed by atoms with van der Waals surface area (Å²) in [4.78, 5) is 18.4. The summed E-state index contributed by atoms with van der Waals surface area (Å²) in [6.45, 7) is 7.07. The van der Waals surface area contributed by atoms with E-state index in [2.05, 4.69) is 57.6 Å². The van der Waals surface area contributed by atoms with Gasteiger partial charge in [0.1, 0.15) is 0 Å². The molecule has 94 valence electrons. The molecule has 1 aromatic heterocycles. The number of rotatable bonds is 1. The SMILES string of the molecule is CC(C)(C)c1nc(N2CC(Br)CC2=O)sc1Br. The molecule has 0 bridgehead atoms. The van der Waals surface area contributed by atoms with E-state index in [1.54, 1.807) is 4.90 Å². The Kier molecular flexibility index (Phi) is 3.67. The standard InChI is InChI=1S/C11H14Br2N2OS/c1-11(2,3)8-9(13)17-10(14-8)15-5-6(12)4-7(15)16/h6H,4-5H2,1-3H3. The number of amides is 1. The van der Waals surface area contributed by atoms with E-state index < -0.39 is 0 Å². The van der Waals surface area contributed by atoms with Crippen molar-refractivity contribution in [1.82, 2.24) is 4.98 Å². The molecule has 17 heavy (non-hydrogen) atoms. The summed E-state index contributed by atoms with van der Waals surface area (Å²) < 4.78 is 1.02. The van der Waals surface area contributed by atoms with Crippen LogP contribution in [-0.4, -0.2) is 22.3 Å². The molecule has 1 saturated heterocycles. The topological polar surface area (TPSA) is 33.2 Å². The normalized spacial score (nSPS) is 21.4. The van der Waals surface area contributed by atoms with E-state index in [0.717, 1.165) is 14.6 Å². The summed E-state index contributed by atoms with van der Waals surface area (Å²) in [5.41, 5.74) is 1.01. The van der Waals surface area contributed by atoms with Gasteiger partial charge in [-0.1, -0.05) is 48.0 Å². The van der Waals surface area contributed by atoms with Crippen LogP contribution in [0.2, 0.25) is 0 Å². The number of alkyl halides is 1. The van der Waals surface area contributed by atoms with E-state index in [1.165, 1.54) is 11.3 Å². The van der Waals surface area contributed by atoms with E-state index in [4.69, 9.17) is 0 Å². The molecular weight excluding hydrogens is 368 g/mol. The van der Waals surface area contributed by atoms with Crippen molar-refractivity contribution in [3.8, 4) is 0 Å². The van der Waals surface area contributed by atoms with Crippen LogP contribution in [0, 0.1) is 0 Å². The Morgan fingerprint density at radius 1 is 1.47 bits per heavy atom. The van der Waals surface area contributed by atoms with E-state index in [1.807, 2.05) is 0 Å². The first kappa shape index (κ1) is 13.5. The average Bonchev–Trinajstić information content (AvgIpc) is 2.68. The molecule has 1 aliphatic heterocycles. The first-order valence-electron chi connectivity index (χ1n) is 5.40. The minimum Gasteiger partial charge on any atom is -0.287 e. The Morgan fingerprint density at radius 2 is 2.12 bits per heavy atom. The molecule has 6 heteroatoms. The van der Waals surface area contributed by atoms with E-state index >= 15 is 0 Å². The number of aromatic nitrogens is 1. The smallest absolute Gasteiger partial charge is 0.230 e. The molecule has 1 amide bonds. The highest BCUT2D eigenvalue weighted by Crippen LogP contribution is 2.39. The molecule has 0 spiro atoms. The number of carbonyl (C=O) groups is 1. The van der Waals surface area contributed by atoms with Crippen LogP contribution < -0.4 is 4.90 Å². The fourth-order valence-corrected chi connectivity index (χ4v) is 4.43. The minimum atomic E-state index is -0.00976. The van der Waals surface area contributed by atoms with Crippen LogP contribution in [0.1, 0.15) is 32.9 Å². The van der Waals surface area contributed by atoms with Gasteiger partial charge < -0.3 is 0 Å². The number of nitrogens with zero attached hydrogens (tertiary/aromatic N) is 2. The summed E-state index contributed by atoms with van der Waals surface area (Å²) >= 11 is 8.56. The summed E-state index contributed by atoms with van der Waals surface area (Å²) in [5, 5.41) is 0.800. The molecule has 0 aliphatic carbocycles. The van der Waals surface area contributed by atoms with Gasteiger partial charge in [-0.25, -0.2) is 4.98 Å². The number of anilines is 1.